The number of nitrogens with zero attached hydrogens (tertiary/aromatic N) is 1. The Morgan fingerprint density at radius 1 is 1.17 bits per heavy atom. The fourth-order valence-corrected chi connectivity index (χ4v) is 4.96. The number of carbonyl (C=O) groups excluding carboxylic acids is 1. The lowest BCUT2D eigenvalue weighted by Gasteiger charge is -2.25. The Balaban J connectivity index is 1.29. The van der Waals surface area contributed by atoms with Crippen molar-refractivity contribution in [2.75, 3.05) is 32.0 Å². The van der Waals surface area contributed by atoms with Gasteiger partial charge in [-0.1, -0.05) is 30.7 Å². The molecule has 1 amide bonds. The number of thiophene rings is 1. The Hall–Kier alpha value is -1.96. The molecule has 0 aliphatic carbocycles. The molecule has 7 heteroatoms. The van der Waals surface area contributed by atoms with E-state index < -0.39 is 10.8 Å². The first kappa shape index (κ1) is 21.7. The number of rotatable bonds is 10. The van der Waals surface area contributed by atoms with Gasteiger partial charge in [-0.2, -0.15) is 0 Å². The maximum Gasteiger partial charge on any atom is 0.233 e. The predicted molar refractivity (Wildman–Crippen MR) is 119 cm³/mol. The highest BCUT2D eigenvalue weighted by Crippen LogP contribution is 2.24. The molecule has 2 heterocycles. The van der Waals surface area contributed by atoms with E-state index in [0.717, 1.165) is 12.3 Å². The summed E-state index contributed by atoms with van der Waals surface area (Å²) in [5, 5.41) is 4.80. The number of hydrogen-bond acceptors (Lipinski definition) is 5. The smallest absolute Gasteiger partial charge is 0.233 e. The number of likely N-dealkylation sites (tertiary alicyclic amines) is 1. The molecule has 1 aromatic heterocycles. The number of hydrogen-bond donors (Lipinski definition) is 1. The highest BCUT2D eigenvalue weighted by Gasteiger charge is 2.12. The van der Waals surface area contributed by atoms with Crippen LogP contribution >= 0.6 is 11.3 Å². The van der Waals surface area contributed by atoms with Crippen LogP contribution in [0.4, 0.5) is 0 Å². The molecule has 0 saturated carbocycles. The average molecular weight is 433 g/mol. The Bertz CT molecular complexity index is 814. The van der Waals surface area contributed by atoms with Crippen LogP contribution in [0, 0.1) is 0 Å². The van der Waals surface area contributed by atoms with Gasteiger partial charge in [-0.3, -0.25) is 13.9 Å². The zero-order chi connectivity index (χ0) is 20.3. The van der Waals surface area contributed by atoms with Crippen molar-refractivity contribution in [2.45, 2.75) is 30.7 Å². The van der Waals surface area contributed by atoms with Crippen molar-refractivity contribution in [2.24, 2.45) is 0 Å². The van der Waals surface area contributed by atoms with Gasteiger partial charge in [0.05, 0.1) is 10.8 Å². The fraction of sp³-hybridized carbons (Fsp3) is 0.409. The van der Waals surface area contributed by atoms with E-state index in [0.29, 0.717) is 18.0 Å². The van der Waals surface area contributed by atoms with E-state index in [4.69, 9.17) is 4.74 Å². The Morgan fingerprint density at radius 3 is 2.76 bits per heavy atom. The Kier molecular flexibility index (Phi) is 8.92. The summed E-state index contributed by atoms with van der Waals surface area (Å²) in [6, 6.07) is 11.1. The third-order valence-electron chi connectivity index (χ3n) is 4.66. The zero-order valence-corrected chi connectivity index (χ0v) is 18.2. The minimum absolute atomic E-state index is 0.0248. The molecular weight excluding hydrogens is 404 g/mol. The molecule has 1 aliphatic rings. The standard InChI is InChI=1S/C22H28N2O3S2/c25-22(18-29(26)21-9-3-1-4-10-21)23-11-5-8-14-27-19-15-20(28-17-19)16-24-12-6-2-7-13-24/h1,3-5,8-10,15,17H,2,6-7,11-14,16,18H2,(H,23,25). The van der Waals surface area contributed by atoms with Crippen molar-refractivity contribution in [1.29, 1.82) is 0 Å². The van der Waals surface area contributed by atoms with Crippen molar-refractivity contribution in [3.63, 3.8) is 0 Å². The van der Waals surface area contributed by atoms with Gasteiger partial charge in [0, 0.05) is 28.2 Å². The van der Waals surface area contributed by atoms with Gasteiger partial charge in [0.25, 0.3) is 0 Å². The van der Waals surface area contributed by atoms with Gasteiger partial charge < -0.3 is 10.1 Å². The first-order valence-corrected chi connectivity index (χ1v) is 12.2. The summed E-state index contributed by atoms with van der Waals surface area (Å²) < 4.78 is 17.8. The lowest BCUT2D eigenvalue weighted by Crippen LogP contribution is -2.28. The molecule has 1 fully saturated rings. The van der Waals surface area contributed by atoms with E-state index in [-0.39, 0.29) is 11.7 Å². The third-order valence-corrected chi connectivity index (χ3v) is 6.88. The second-order valence-electron chi connectivity index (χ2n) is 6.97. The van der Waals surface area contributed by atoms with E-state index in [9.17, 15) is 9.00 Å². The maximum atomic E-state index is 12.1. The summed E-state index contributed by atoms with van der Waals surface area (Å²) >= 11 is 1.74. The molecular formula is C22H28N2O3S2. The number of ether oxygens (including phenoxy) is 1. The normalized spacial score (nSPS) is 16.0. The summed E-state index contributed by atoms with van der Waals surface area (Å²) in [7, 11) is -1.31. The lowest BCUT2D eigenvalue weighted by molar-refractivity contribution is -0.118. The molecule has 3 rings (SSSR count). The molecule has 1 atom stereocenters. The molecule has 0 radical (unpaired) electrons. The first-order chi connectivity index (χ1) is 14.2. The van der Waals surface area contributed by atoms with E-state index in [1.807, 2.05) is 35.7 Å². The molecule has 1 unspecified atom stereocenters. The highest BCUT2D eigenvalue weighted by atomic mass is 32.2. The summed E-state index contributed by atoms with van der Waals surface area (Å²) in [6.07, 6.45) is 7.70. The van der Waals surface area contributed by atoms with Crippen molar-refractivity contribution < 1.29 is 13.7 Å². The number of carbonyl (C=O) groups is 1. The second kappa shape index (κ2) is 11.9. The molecule has 0 spiro atoms. The van der Waals surface area contributed by atoms with E-state index in [2.05, 4.69) is 16.3 Å². The number of piperidine rings is 1. The van der Waals surface area contributed by atoms with Gasteiger partial charge in [0.1, 0.15) is 18.1 Å². The van der Waals surface area contributed by atoms with E-state index in [1.54, 1.807) is 23.5 Å². The van der Waals surface area contributed by atoms with Gasteiger partial charge in [0.2, 0.25) is 5.91 Å². The lowest BCUT2D eigenvalue weighted by atomic mass is 10.1. The van der Waals surface area contributed by atoms with Crippen LogP contribution in [0.3, 0.4) is 0 Å². The first-order valence-electron chi connectivity index (χ1n) is 9.98. The van der Waals surface area contributed by atoms with Crippen LogP contribution in [-0.2, 0) is 22.1 Å². The van der Waals surface area contributed by atoms with Crippen molar-refractivity contribution in [1.82, 2.24) is 10.2 Å². The van der Waals surface area contributed by atoms with Crippen LogP contribution in [0.5, 0.6) is 5.75 Å². The summed E-state index contributed by atoms with van der Waals surface area (Å²) in [5.41, 5.74) is 0. The third kappa shape index (κ3) is 7.76. The number of nitrogens with one attached hydrogen (secondary N) is 1. The molecule has 1 N–H and O–H groups in total. The number of benzene rings is 1. The van der Waals surface area contributed by atoms with Crippen LogP contribution in [-0.4, -0.2) is 47.0 Å². The minimum Gasteiger partial charge on any atom is -0.489 e. The van der Waals surface area contributed by atoms with Crippen molar-refractivity contribution >= 4 is 28.0 Å². The van der Waals surface area contributed by atoms with Gasteiger partial charge in [-0.05, 0) is 50.2 Å². The van der Waals surface area contributed by atoms with E-state index >= 15 is 0 Å². The molecule has 0 bridgehead atoms. The Morgan fingerprint density at radius 2 is 1.97 bits per heavy atom. The van der Waals surface area contributed by atoms with E-state index in [1.165, 1.54) is 37.2 Å². The SMILES string of the molecule is O=C(CS(=O)c1ccccc1)NCC=CCOc1csc(CN2CCCCC2)c1. The van der Waals surface area contributed by atoms with Gasteiger partial charge in [-0.15, -0.1) is 11.3 Å². The van der Waals surface area contributed by atoms with Gasteiger partial charge >= 0.3 is 0 Å². The van der Waals surface area contributed by atoms with Crippen molar-refractivity contribution in [3.8, 4) is 5.75 Å². The Labute approximate surface area is 179 Å². The van der Waals surface area contributed by atoms with Crippen LogP contribution in [0.25, 0.3) is 0 Å². The fourth-order valence-electron chi connectivity index (χ4n) is 3.15. The molecule has 1 aromatic carbocycles. The van der Waals surface area contributed by atoms with Crippen LogP contribution in [0.15, 0.2) is 58.8 Å². The zero-order valence-electron chi connectivity index (χ0n) is 16.5. The molecule has 156 valence electrons. The number of amides is 1. The maximum absolute atomic E-state index is 12.1. The summed E-state index contributed by atoms with van der Waals surface area (Å²) in [6.45, 7) is 4.27. The second-order valence-corrected chi connectivity index (χ2v) is 9.42. The molecule has 29 heavy (non-hydrogen) atoms. The quantitative estimate of drug-likeness (QED) is 0.583. The van der Waals surface area contributed by atoms with Gasteiger partial charge in [0.15, 0.2) is 0 Å². The molecule has 2 aromatic rings. The molecule has 5 nitrogen and oxygen atoms in total. The summed E-state index contributed by atoms with van der Waals surface area (Å²) in [5.74, 6) is 0.648. The largest absolute Gasteiger partial charge is 0.489 e. The molecule has 1 aliphatic heterocycles. The van der Waals surface area contributed by atoms with Crippen LogP contribution in [0.2, 0.25) is 0 Å². The topological polar surface area (TPSA) is 58.6 Å². The van der Waals surface area contributed by atoms with Crippen LogP contribution < -0.4 is 10.1 Å². The van der Waals surface area contributed by atoms with Crippen molar-refractivity contribution in [3.05, 3.63) is 58.8 Å². The summed E-state index contributed by atoms with van der Waals surface area (Å²) in [4.78, 5) is 16.4. The average Bonchev–Trinajstić information content (AvgIpc) is 3.19. The predicted octanol–water partition coefficient (Wildman–Crippen LogP) is 3.59. The highest BCUT2D eigenvalue weighted by molar-refractivity contribution is 7.85. The minimum atomic E-state index is -1.31. The monoisotopic (exact) mass is 432 g/mol. The van der Waals surface area contributed by atoms with Crippen LogP contribution in [0.1, 0.15) is 24.1 Å². The molecule has 1 saturated heterocycles. The van der Waals surface area contributed by atoms with Gasteiger partial charge in [-0.25, -0.2) is 0 Å².